The summed E-state index contributed by atoms with van der Waals surface area (Å²) < 4.78 is 5.13. The van der Waals surface area contributed by atoms with Gasteiger partial charge in [0.2, 0.25) is 0 Å². The highest BCUT2D eigenvalue weighted by molar-refractivity contribution is 5.70. The molecule has 0 radical (unpaired) electrons. The molecule has 0 unspecified atom stereocenters. The second-order valence-electron chi connectivity index (χ2n) is 5.39. The van der Waals surface area contributed by atoms with E-state index in [1.54, 1.807) is 0 Å². The van der Waals surface area contributed by atoms with Crippen molar-refractivity contribution < 1.29 is 9.53 Å². The van der Waals surface area contributed by atoms with Gasteiger partial charge in [-0.15, -0.1) is 0 Å². The number of para-hydroxylation sites is 1. The van der Waals surface area contributed by atoms with Crippen LogP contribution >= 0.6 is 0 Å². The van der Waals surface area contributed by atoms with Crippen LogP contribution in [0, 0.1) is 6.92 Å². The number of hydrogen-bond donors (Lipinski definition) is 3. The molecule has 0 saturated heterocycles. The first kappa shape index (κ1) is 15.1. The van der Waals surface area contributed by atoms with Crippen molar-refractivity contribution in [2.45, 2.75) is 33.3 Å². The van der Waals surface area contributed by atoms with Crippen LogP contribution in [0.1, 0.15) is 26.3 Å². The molecule has 1 aromatic rings. The van der Waals surface area contributed by atoms with E-state index in [0.29, 0.717) is 18.8 Å². The largest absolute Gasteiger partial charge is 0.444 e. The highest BCUT2D eigenvalue weighted by atomic mass is 16.6. The van der Waals surface area contributed by atoms with Crippen molar-refractivity contribution in [1.82, 2.24) is 5.32 Å². The molecule has 0 aliphatic carbocycles. The summed E-state index contributed by atoms with van der Waals surface area (Å²) in [6.07, 6.45) is -0.410. The van der Waals surface area contributed by atoms with Gasteiger partial charge in [0.1, 0.15) is 5.60 Å². The average molecular weight is 265 g/mol. The molecule has 0 aromatic heterocycles. The smallest absolute Gasteiger partial charge is 0.407 e. The first-order chi connectivity index (χ1) is 8.79. The molecular formula is C14H23N3O2. The topological polar surface area (TPSA) is 76.4 Å². The monoisotopic (exact) mass is 265 g/mol. The molecule has 4 N–H and O–H groups in total. The molecule has 0 atom stereocenters. The Morgan fingerprint density at radius 2 is 2.00 bits per heavy atom. The van der Waals surface area contributed by atoms with E-state index in [1.807, 2.05) is 45.9 Å². The summed E-state index contributed by atoms with van der Waals surface area (Å²) in [5.41, 5.74) is 8.10. The predicted octanol–water partition coefficient (Wildman–Crippen LogP) is 2.51. The minimum absolute atomic E-state index is 0.410. The van der Waals surface area contributed by atoms with Gasteiger partial charge in [0.15, 0.2) is 0 Å². The van der Waals surface area contributed by atoms with E-state index in [9.17, 15) is 4.79 Å². The van der Waals surface area contributed by atoms with Crippen molar-refractivity contribution in [3.63, 3.8) is 0 Å². The Hall–Kier alpha value is -1.91. The third-order valence-corrected chi connectivity index (χ3v) is 2.40. The number of alkyl carbamates (subject to hydrolysis) is 1. The molecule has 5 heteroatoms. The standard InChI is InChI=1S/C14H23N3O2/c1-10-6-5-7-11(15)12(10)16-8-9-17-13(18)19-14(2,3)4/h5-7,16H,8-9,15H2,1-4H3,(H,17,18). The van der Waals surface area contributed by atoms with Gasteiger partial charge in [0.05, 0.1) is 11.4 Å². The minimum atomic E-state index is -0.474. The summed E-state index contributed by atoms with van der Waals surface area (Å²) in [4.78, 5) is 11.4. The fourth-order valence-corrected chi connectivity index (χ4v) is 1.60. The predicted molar refractivity (Wildman–Crippen MR) is 78.3 cm³/mol. The summed E-state index contributed by atoms with van der Waals surface area (Å²) in [6.45, 7) is 8.55. The van der Waals surface area contributed by atoms with Crippen LogP contribution in [0.5, 0.6) is 0 Å². The van der Waals surface area contributed by atoms with Crippen LogP contribution in [0.15, 0.2) is 18.2 Å². The number of aryl methyl sites for hydroxylation is 1. The van der Waals surface area contributed by atoms with E-state index >= 15 is 0 Å². The van der Waals surface area contributed by atoms with E-state index in [-0.39, 0.29) is 0 Å². The molecule has 0 fully saturated rings. The molecule has 0 heterocycles. The maximum atomic E-state index is 11.4. The average Bonchev–Trinajstić information content (AvgIpc) is 2.25. The van der Waals surface area contributed by atoms with Crippen molar-refractivity contribution in [3.05, 3.63) is 23.8 Å². The number of anilines is 2. The number of benzene rings is 1. The van der Waals surface area contributed by atoms with Crippen LogP contribution in [-0.2, 0) is 4.74 Å². The molecular weight excluding hydrogens is 242 g/mol. The maximum Gasteiger partial charge on any atom is 0.407 e. The molecule has 0 bridgehead atoms. The molecule has 0 aliphatic rings. The van der Waals surface area contributed by atoms with Crippen LogP contribution in [0.25, 0.3) is 0 Å². The number of carbonyl (C=O) groups excluding carboxylic acids is 1. The number of hydrogen-bond acceptors (Lipinski definition) is 4. The second kappa shape index (κ2) is 6.31. The first-order valence-electron chi connectivity index (χ1n) is 6.35. The lowest BCUT2D eigenvalue weighted by Gasteiger charge is -2.20. The van der Waals surface area contributed by atoms with Gasteiger partial charge < -0.3 is 21.1 Å². The number of rotatable bonds is 4. The normalized spacial score (nSPS) is 10.9. The second-order valence-corrected chi connectivity index (χ2v) is 5.39. The third kappa shape index (κ3) is 5.50. The molecule has 1 rings (SSSR count). The van der Waals surface area contributed by atoms with Crippen LogP contribution in [0.4, 0.5) is 16.2 Å². The zero-order chi connectivity index (χ0) is 14.5. The lowest BCUT2D eigenvalue weighted by molar-refractivity contribution is 0.0530. The van der Waals surface area contributed by atoms with Crippen LogP contribution in [-0.4, -0.2) is 24.8 Å². The number of carbonyl (C=O) groups is 1. The Morgan fingerprint density at radius 1 is 1.32 bits per heavy atom. The Labute approximate surface area is 114 Å². The number of nitrogens with one attached hydrogen (secondary N) is 2. The van der Waals surface area contributed by atoms with Gasteiger partial charge >= 0.3 is 6.09 Å². The zero-order valence-corrected chi connectivity index (χ0v) is 12.0. The van der Waals surface area contributed by atoms with Gasteiger partial charge in [-0.2, -0.15) is 0 Å². The Morgan fingerprint density at radius 3 is 2.58 bits per heavy atom. The molecule has 1 amide bonds. The van der Waals surface area contributed by atoms with Crippen LogP contribution < -0.4 is 16.4 Å². The number of amides is 1. The van der Waals surface area contributed by atoms with E-state index in [4.69, 9.17) is 10.5 Å². The first-order valence-corrected chi connectivity index (χ1v) is 6.35. The molecule has 5 nitrogen and oxygen atoms in total. The maximum absolute atomic E-state index is 11.4. The number of nitrogen functional groups attached to an aromatic ring is 1. The zero-order valence-electron chi connectivity index (χ0n) is 12.0. The Balaban J connectivity index is 2.34. The molecule has 1 aromatic carbocycles. The van der Waals surface area contributed by atoms with Crippen molar-refractivity contribution >= 4 is 17.5 Å². The molecule has 19 heavy (non-hydrogen) atoms. The Bertz CT molecular complexity index is 419. The quantitative estimate of drug-likeness (QED) is 0.577. The molecule has 0 saturated carbocycles. The van der Waals surface area contributed by atoms with Crippen molar-refractivity contribution in [2.75, 3.05) is 24.1 Å². The van der Waals surface area contributed by atoms with E-state index in [1.165, 1.54) is 0 Å². The van der Waals surface area contributed by atoms with Crippen molar-refractivity contribution in [1.29, 1.82) is 0 Å². The van der Waals surface area contributed by atoms with Crippen LogP contribution in [0.3, 0.4) is 0 Å². The lowest BCUT2D eigenvalue weighted by atomic mass is 10.1. The summed E-state index contributed by atoms with van der Waals surface area (Å²) >= 11 is 0. The van der Waals surface area contributed by atoms with Gasteiger partial charge in [0, 0.05) is 13.1 Å². The lowest BCUT2D eigenvalue weighted by Crippen LogP contribution is -2.35. The fourth-order valence-electron chi connectivity index (χ4n) is 1.60. The summed E-state index contributed by atoms with van der Waals surface area (Å²) in [5.74, 6) is 0. The fraction of sp³-hybridized carbons (Fsp3) is 0.500. The minimum Gasteiger partial charge on any atom is -0.444 e. The van der Waals surface area contributed by atoms with Gasteiger partial charge in [0.25, 0.3) is 0 Å². The Kier molecular flexibility index (Phi) is 5.03. The number of nitrogens with two attached hydrogens (primary N) is 1. The molecule has 106 valence electrons. The molecule has 0 spiro atoms. The van der Waals surface area contributed by atoms with Gasteiger partial charge in [-0.3, -0.25) is 0 Å². The van der Waals surface area contributed by atoms with E-state index in [0.717, 1.165) is 11.3 Å². The highest BCUT2D eigenvalue weighted by Gasteiger charge is 2.15. The summed E-state index contributed by atoms with van der Waals surface area (Å²) in [6, 6.07) is 5.74. The van der Waals surface area contributed by atoms with Crippen LogP contribution in [0.2, 0.25) is 0 Å². The third-order valence-electron chi connectivity index (χ3n) is 2.40. The van der Waals surface area contributed by atoms with Gasteiger partial charge in [-0.05, 0) is 39.3 Å². The highest BCUT2D eigenvalue weighted by Crippen LogP contribution is 2.21. The van der Waals surface area contributed by atoms with Gasteiger partial charge in [-0.25, -0.2) is 4.79 Å². The van der Waals surface area contributed by atoms with Gasteiger partial charge in [-0.1, -0.05) is 12.1 Å². The van der Waals surface area contributed by atoms with Crippen molar-refractivity contribution in [3.8, 4) is 0 Å². The summed E-state index contributed by atoms with van der Waals surface area (Å²) in [7, 11) is 0. The SMILES string of the molecule is Cc1cccc(N)c1NCCNC(=O)OC(C)(C)C. The number of ether oxygens (including phenoxy) is 1. The molecule has 0 aliphatic heterocycles. The van der Waals surface area contributed by atoms with E-state index in [2.05, 4.69) is 10.6 Å². The van der Waals surface area contributed by atoms with Crippen molar-refractivity contribution in [2.24, 2.45) is 0 Å². The summed E-state index contributed by atoms with van der Waals surface area (Å²) in [5, 5.41) is 5.89. The van der Waals surface area contributed by atoms with E-state index < -0.39 is 11.7 Å².